The van der Waals surface area contributed by atoms with E-state index in [1.807, 2.05) is 68.4 Å². The fourth-order valence-electron chi connectivity index (χ4n) is 5.05. The summed E-state index contributed by atoms with van der Waals surface area (Å²) in [5, 5.41) is 13.7. The van der Waals surface area contributed by atoms with Crippen LogP contribution in [0.15, 0.2) is 72.8 Å². The van der Waals surface area contributed by atoms with Gasteiger partial charge < -0.3 is 19.5 Å². The maximum atomic E-state index is 14.1. The number of aromatic nitrogens is 1. The molecule has 0 bridgehead atoms. The van der Waals surface area contributed by atoms with Crippen molar-refractivity contribution in [1.29, 1.82) is 5.26 Å². The zero-order valence-corrected chi connectivity index (χ0v) is 22.6. The second kappa shape index (κ2) is 11.0. The molecule has 3 atom stereocenters. The average Bonchev–Trinajstić information content (AvgIpc) is 3.33. The molecule has 8 nitrogen and oxygen atoms in total. The van der Waals surface area contributed by atoms with Gasteiger partial charge >= 0.3 is 0 Å². The van der Waals surface area contributed by atoms with Crippen LogP contribution >= 0.6 is 0 Å². The topological polar surface area (TPSA) is 91.7 Å². The van der Waals surface area contributed by atoms with Gasteiger partial charge in [0.2, 0.25) is 11.6 Å². The Morgan fingerprint density at radius 2 is 1.85 bits per heavy atom. The van der Waals surface area contributed by atoms with Gasteiger partial charge in [-0.2, -0.15) is 5.26 Å². The van der Waals surface area contributed by atoms with Crippen molar-refractivity contribution >= 4 is 34.1 Å². The zero-order valence-electron chi connectivity index (χ0n) is 22.6. The van der Waals surface area contributed by atoms with E-state index in [4.69, 9.17) is 11.3 Å². The molecule has 0 spiro atoms. The predicted octanol–water partition coefficient (Wildman–Crippen LogP) is 5.90. The third-order valence-corrected chi connectivity index (χ3v) is 7.45. The van der Waals surface area contributed by atoms with Crippen molar-refractivity contribution < 1.29 is 14.3 Å². The van der Waals surface area contributed by atoms with E-state index < -0.39 is 12.1 Å². The summed E-state index contributed by atoms with van der Waals surface area (Å²) in [7, 11) is 0. The van der Waals surface area contributed by atoms with Crippen LogP contribution in [0.4, 0.5) is 11.4 Å². The van der Waals surface area contributed by atoms with Gasteiger partial charge in [-0.3, -0.25) is 9.59 Å². The third kappa shape index (κ3) is 4.65. The number of amides is 2. The van der Waals surface area contributed by atoms with E-state index in [9.17, 15) is 14.9 Å². The molecule has 1 aromatic heterocycles. The summed E-state index contributed by atoms with van der Waals surface area (Å²) in [6.45, 7) is 13.4. The van der Waals surface area contributed by atoms with Gasteiger partial charge in [0.25, 0.3) is 5.91 Å². The van der Waals surface area contributed by atoms with E-state index in [2.05, 4.69) is 16.2 Å². The Labute approximate surface area is 233 Å². The van der Waals surface area contributed by atoms with Crippen molar-refractivity contribution in [2.45, 2.75) is 45.9 Å². The van der Waals surface area contributed by atoms with Crippen molar-refractivity contribution in [1.82, 2.24) is 9.88 Å². The van der Waals surface area contributed by atoms with Crippen LogP contribution in [0.1, 0.15) is 38.4 Å². The van der Waals surface area contributed by atoms with Crippen LogP contribution in [0, 0.1) is 23.8 Å². The molecule has 40 heavy (non-hydrogen) atoms. The van der Waals surface area contributed by atoms with Gasteiger partial charge in [0, 0.05) is 11.3 Å². The largest absolute Gasteiger partial charge is 0.486 e. The maximum Gasteiger partial charge on any atom is 0.253 e. The zero-order chi connectivity index (χ0) is 28.4. The molecule has 8 heteroatoms. The number of nitrogens with zero attached hydrogens (tertiary/aromatic N) is 4. The standard InChI is InChI=1S/C32H29N5O3/c1-5-20(2)31(38)35-30-21(3)40-29-16-9-8-14-28(29)36(32(30)39)19-22-11-10-15-26-24(22)17-23(18-33)37(26)27-13-7-6-12-25(27)34-4/h6-17,20-21,30H,5,19H2,1-3H3,(H,35,38)/t20-,21+,30+/m1/s1. The number of fused-ring (bicyclic) bond motifs is 2. The summed E-state index contributed by atoms with van der Waals surface area (Å²) in [4.78, 5) is 32.2. The predicted molar refractivity (Wildman–Crippen MR) is 153 cm³/mol. The molecule has 2 amide bonds. The Bertz CT molecular complexity index is 1690. The lowest BCUT2D eigenvalue weighted by molar-refractivity contribution is -0.131. The summed E-state index contributed by atoms with van der Waals surface area (Å²) in [5.41, 5.74) is 3.62. The molecule has 1 aliphatic heterocycles. The Morgan fingerprint density at radius 1 is 1.12 bits per heavy atom. The molecule has 4 aromatic rings. The fraction of sp³-hybridized carbons (Fsp3) is 0.250. The summed E-state index contributed by atoms with van der Waals surface area (Å²) in [6.07, 6.45) is 0.0711. The molecular weight excluding hydrogens is 502 g/mol. The van der Waals surface area contributed by atoms with Crippen molar-refractivity contribution in [3.63, 3.8) is 0 Å². The highest BCUT2D eigenvalue weighted by atomic mass is 16.5. The number of rotatable bonds is 6. The lowest BCUT2D eigenvalue weighted by Crippen LogP contribution is -2.54. The number of benzene rings is 3. The van der Waals surface area contributed by atoms with Gasteiger partial charge in [-0.25, -0.2) is 4.85 Å². The molecule has 0 saturated carbocycles. The van der Waals surface area contributed by atoms with Crippen molar-refractivity contribution in [2.24, 2.45) is 5.92 Å². The third-order valence-electron chi connectivity index (χ3n) is 7.45. The van der Waals surface area contributed by atoms with Crippen LogP contribution < -0.4 is 15.0 Å². The number of hydrogen-bond acceptors (Lipinski definition) is 4. The number of carbonyl (C=O) groups excluding carboxylic acids is 2. The molecule has 200 valence electrons. The first-order valence-electron chi connectivity index (χ1n) is 13.3. The van der Waals surface area contributed by atoms with Gasteiger partial charge in [0.05, 0.1) is 30.0 Å². The minimum absolute atomic E-state index is 0.193. The molecule has 1 N–H and O–H groups in total. The molecule has 0 aliphatic carbocycles. The molecule has 0 unspecified atom stereocenters. The average molecular weight is 532 g/mol. The number of nitriles is 1. The highest BCUT2D eigenvalue weighted by molar-refractivity contribution is 6.02. The van der Waals surface area contributed by atoms with E-state index in [1.54, 1.807) is 34.6 Å². The minimum Gasteiger partial charge on any atom is -0.486 e. The molecule has 1 aliphatic rings. The SMILES string of the molecule is [C-]#[N+]c1ccccc1-n1c(C#N)cc2c(CN3C(=O)[C@@H](NC(=O)[C@H](C)CC)[C@H](C)Oc4ccccc43)cccc21. The number of carbonyl (C=O) groups is 2. The van der Waals surface area contributed by atoms with Crippen LogP contribution in [0.5, 0.6) is 5.75 Å². The molecule has 0 radical (unpaired) electrons. The number of para-hydroxylation sites is 4. The highest BCUT2D eigenvalue weighted by Crippen LogP contribution is 2.36. The summed E-state index contributed by atoms with van der Waals surface area (Å²) >= 11 is 0. The van der Waals surface area contributed by atoms with Crippen LogP contribution in [-0.4, -0.2) is 28.5 Å². The van der Waals surface area contributed by atoms with E-state index in [0.717, 1.165) is 16.5 Å². The van der Waals surface area contributed by atoms with Crippen molar-refractivity contribution in [3.05, 3.63) is 95.5 Å². The Kier molecular flexibility index (Phi) is 7.27. The number of ether oxygens (including phenoxy) is 1. The second-order valence-electron chi connectivity index (χ2n) is 9.94. The molecule has 3 aromatic carbocycles. The van der Waals surface area contributed by atoms with Crippen molar-refractivity contribution in [3.8, 4) is 17.5 Å². The minimum atomic E-state index is -0.877. The quantitative estimate of drug-likeness (QED) is 0.314. The van der Waals surface area contributed by atoms with E-state index >= 15 is 0 Å². The molecule has 2 heterocycles. The fourth-order valence-corrected chi connectivity index (χ4v) is 5.05. The normalized spacial score (nSPS) is 17.2. The van der Waals surface area contributed by atoms with E-state index in [-0.39, 0.29) is 24.3 Å². The van der Waals surface area contributed by atoms with Gasteiger partial charge in [0.15, 0.2) is 0 Å². The Morgan fingerprint density at radius 3 is 2.58 bits per heavy atom. The second-order valence-corrected chi connectivity index (χ2v) is 9.94. The lowest BCUT2D eigenvalue weighted by Gasteiger charge is -2.27. The summed E-state index contributed by atoms with van der Waals surface area (Å²) in [5.74, 6) is -0.157. The monoisotopic (exact) mass is 531 g/mol. The number of hydrogen-bond donors (Lipinski definition) is 1. The molecular formula is C32H29N5O3. The first-order chi connectivity index (χ1) is 19.4. The van der Waals surface area contributed by atoms with Gasteiger partial charge in [-0.15, -0.1) is 0 Å². The van der Waals surface area contributed by atoms with E-state index in [0.29, 0.717) is 34.9 Å². The van der Waals surface area contributed by atoms with Gasteiger partial charge in [0.1, 0.15) is 29.7 Å². The molecule has 0 fully saturated rings. The Balaban J connectivity index is 1.61. The summed E-state index contributed by atoms with van der Waals surface area (Å²) in [6, 6.07) is 23.4. The van der Waals surface area contributed by atoms with Crippen molar-refractivity contribution in [2.75, 3.05) is 4.90 Å². The lowest BCUT2D eigenvalue weighted by atomic mass is 10.0. The first-order valence-corrected chi connectivity index (χ1v) is 13.3. The maximum absolute atomic E-state index is 14.1. The Hall–Kier alpha value is -5.08. The van der Waals surface area contributed by atoms with Gasteiger partial charge in [-0.05, 0) is 49.2 Å². The van der Waals surface area contributed by atoms with Crippen LogP contribution in [-0.2, 0) is 16.1 Å². The van der Waals surface area contributed by atoms with Crippen LogP contribution in [0.25, 0.3) is 21.4 Å². The summed E-state index contributed by atoms with van der Waals surface area (Å²) < 4.78 is 7.96. The number of nitrogens with one attached hydrogen (secondary N) is 1. The van der Waals surface area contributed by atoms with Crippen LogP contribution in [0.2, 0.25) is 0 Å². The van der Waals surface area contributed by atoms with Crippen LogP contribution in [0.3, 0.4) is 0 Å². The first kappa shape index (κ1) is 26.5. The smallest absolute Gasteiger partial charge is 0.253 e. The highest BCUT2D eigenvalue weighted by Gasteiger charge is 2.38. The molecule has 5 rings (SSSR count). The van der Waals surface area contributed by atoms with E-state index in [1.165, 1.54) is 0 Å². The van der Waals surface area contributed by atoms with Gasteiger partial charge in [-0.1, -0.05) is 56.3 Å². The molecule has 0 saturated heterocycles. The number of anilines is 1.